The summed E-state index contributed by atoms with van der Waals surface area (Å²) in [6.07, 6.45) is -1.38. The van der Waals surface area contributed by atoms with Crippen LogP contribution in [0.2, 0.25) is 0 Å². The number of rotatable bonds is 14. The fourth-order valence-corrected chi connectivity index (χ4v) is 4.24. The van der Waals surface area contributed by atoms with Crippen LogP contribution in [0.1, 0.15) is 34.6 Å². The zero-order valence-electron chi connectivity index (χ0n) is 22.5. The predicted molar refractivity (Wildman–Crippen MR) is 142 cm³/mol. The Labute approximate surface area is 223 Å². The molecule has 10 nitrogen and oxygen atoms in total. The van der Waals surface area contributed by atoms with Crippen LogP contribution in [-0.2, 0) is 0 Å². The number of hydrogen-bond donors (Lipinski definition) is 2. The van der Waals surface area contributed by atoms with Crippen LogP contribution < -0.4 is 18.9 Å². The molecule has 1 fully saturated rings. The van der Waals surface area contributed by atoms with Crippen molar-refractivity contribution in [1.29, 1.82) is 0 Å². The van der Waals surface area contributed by atoms with Gasteiger partial charge in [0.05, 0.1) is 14.2 Å². The molecule has 1 aliphatic rings. The average Bonchev–Trinajstić information content (AvgIpc) is 2.91. The Balaban J connectivity index is 1.38. The summed E-state index contributed by atoms with van der Waals surface area (Å²) in [5, 5.41) is 21.0. The van der Waals surface area contributed by atoms with E-state index in [-0.39, 0.29) is 24.8 Å². The molecule has 3 rings (SSSR count). The summed E-state index contributed by atoms with van der Waals surface area (Å²) in [7, 11) is 3.02. The van der Waals surface area contributed by atoms with Crippen molar-refractivity contribution >= 4 is 11.6 Å². The molecule has 0 saturated carbocycles. The number of methoxy groups -OCH3 is 2. The van der Waals surface area contributed by atoms with Crippen LogP contribution in [0, 0.1) is 0 Å². The van der Waals surface area contributed by atoms with Crippen molar-refractivity contribution in [3.63, 3.8) is 0 Å². The average molecular weight is 531 g/mol. The molecule has 10 heteroatoms. The molecular formula is C28H38N2O8. The zero-order chi connectivity index (χ0) is 27.7. The van der Waals surface area contributed by atoms with E-state index in [9.17, 15) is 19.8 Å². The highest BCUT2D eigenvalue weighted by atomic mass is 16.5. The van der Waals surface area contributed by atoms with Crippen LogP contribution in [0.15, 0.2) is 36.4 Å². The second-order valence-corrected chi connectivity index (χ2v) is 9.37. The number of ether oxygens (including phenoxy) is 4. The van der Waals surface area contributed by atoms with Gasteiger partial charge in [-0.2, -0.15) is 0 Å². The van der Waals surface area contributed by atoms with Gasteiger partial charge in [0, 0.05) is 50.4 Å². The van der Waals surface area contributed by atoms with Crippen LogP contribution >= 0.6 is 0 Å². The molecule has 38 heavy (non-hydrogen) atoms. The van der Waals surface area contributed by atoms with Crippen molar-refractivity contribution in [3.05, 3.63) is 47.5 Å². The second kappa shape index (κ2) is 14.1. The van der Waals surface area contributed by atoms with Gasteiger partial charge in [0.2, 0.25) is 0 Å². The Morgan fingerprint density at radius 2 is 1.08 bits per heavy atom. The molecule has 0 spiro atoms. The summed E-state index contributed by atoms with van der Waals surface area (Å²) in [6, 6.07) is 9.95. The first kappa shape index (κ1) is 29.4. The Morgan fingerprint density at radius 1 is 0.711 bits per heavy atom. The van der Waals surface area contributed by atoms with Gasteiger partial charge in [-0.1, -0.05) is 0 Å². The number of β-amino-alcohol motifs (C(OH)–C–C–N with tert-alkyl or cyclic N) is 2. The molecule has 208 valence electrons. The second-order valence-electron chi connectivity index (χ2n) is 9.37. The van der Waals surface area contributed by atoms with Crippen LogP contribution in [-0.4, -0.2) is 110 Å². The third-order valence-electron chi connectivity index (χ3n) is 6.41. The van der Waals surface area contributed by atoms with Crippen molar-refractivity contribution in [1.82, 2.24) is 9.80 Å². The molecular weight excluding hydrogens is 492 g/mol. The van der Waals surface area contributed by atoms with Crippen molar-refractivity contribution in [2.24, 2.45) is 0 Å². The van der Waals surface area contributed by atoms with Crippen LogP contribution in [0.25, 0.3) is 0 Å². The van der Waals surface area contributed by atoms with Crippen LogP contribution in [0.4, 0.5) is 0 Å². The van der Waals surface area contributed by atoms with E-state index >= 15 is 0 Å². The van der Waals surface area contributed by atoms with E-state index in [0.717, 1.165) is 26.2 Å². The van der Waals surface area contributed by atoms with E-state index in [4.69, 9.17) is 18.9 Å². The van der Waals surface area contributed by atoms with E-state index in [1.54, 1.807) is 36.4 Å². The van der Waals surface area contributed by atoms with E-state index in [2.05, 4.69) is 9.80 Å². The number of benzene rings is 2. The number of ketones is 2. The third kappa shape index (κ3) is 8.42. The highest BCUT2D eigenvalue weighted by Gasteiger charge is 2.22. The third-order valence-corrected chi connectivity index (χ3v) is 6.41. The van der Waals surface area contributed by atoms with Crippen LogP contribution in [0.3, 0.4) is 0 Å². The minimum Gasteiger partial charge on any atom is -0.493 e. The van der Waals surface area contributed by atoms with Crippen molar-refractivity contribution < 1.29 is 38.7 Å². The Bertz CT molecular complexity index is 999. The van der Waals surface area contributed by atoms with Gasteiger partial charge in [0.1, 0.15) is 25.4 Å². The number of hydrogen-bond acceptors (Lipinski definition) is 10. The topological polar surface area (TPSA) is 118 Å². The Kier molecular flexibility index (Phi) is 10.9. The standard InChI is InChI=1S/C28H38N2O8/c1-19(31)21-5-7-25(27(13-21)35-3)37-17-23(33)15-29-9-11-30(12-10-29)16-24(34)18-38-26-8-6-22(20(2)32)14-28(26)36-4/h5-8,13-14,23-24,33-34H,9-12,15-18H2,1-4H3. The van der Waals surface area contributed by atoms with Gasteiger partial charge >= 0.3 is 0 Å². The van der Waals surface area contributed by atoms with Gasteiger partial charge in [0.25, 0.3) is 0 Å². The zero-order valence-corrected chi connectivity index (χ0v) is 22.5. The number of nitrogens with zero attached hydrogens (tertiary/aromatic N) is 2. The van der Waals surface area contributed by atoms with E-state index < -0.39 is 12.2 Å². The highest BCUT2D eigenvalue weighted by Crippen LogP contribution is 2.29. The van der Waals surface area contributed by atoms with Gasteiger partial charge in [-0.3, -0.25) is 19.4 Å². The lowest BCUT2D eigenvalue weighted by Crippen LogP contribution is -2.51. The molecule has 0 amide bonds. The predicted octanol–water partition coefficient (Wildman–Crippen LogP) is 1.91. The van der Waals surface area contributed by atoms with Crippen LogP contribution in [0.5, 0.6) is 23.0 Å². The molecule has 1 aliphatic heterocycles. The summed E-state index contributed by atoms with van der Waals surface area (Å²) >= 11 is 0. The summed E-state index contributed by atoms with van der Waals surface area (Å²) < 4.78 is 22.1. The first-order chi connectivity index (χ1) is 18.2. The minimum absolute atomic E-state index is 0.0604. The van der Waals surface area contributed by atoms with Gasteiger partial charge in [0.15, 0.2) is 34.6 Å². The summed E-state index contributed by atoms with van der Waals surface area (Å²) in [6.45, 7) is 7.11. The summed E-state index contributed by atoms with van der Waals surface area (Å²) in [5.74, 6) is 1.74. The van der Waals surface area contributed by atoms with Crippen molar-refractivity contribution in [2.75, 3.05) is 66.7 Å². The number of piperazine rings is 1. The molecule has 0 aromatic heterocycles. The molecule has 2 aromatic rings. The molecule has 2 aromatic carbocycles. The maximum absolute atomic E-state index is 11.6. The molecule has 0 bridgehead atoms. The molecule has 1 heterocycles. The monoisotopic (exact) mass is 530 g/mol. The first-order valence-electron chi connectivity index (χ1n) is 12.6. The van der Waals surface area contributed by atoms with Gasteiger partial charge in [-0.25, -0.2) is 0 Å². The number of aliphatic hydroxyl groups excluding tert-OH is 2. The first-order valence-corrected chi connectivity index (χ1v) is 12.6. The lowest BCUT2D eigenvalue weighted by atomic mass is 10.1. The smallest absolute Gasteiger partial charge is 0.161 e. The fraction of sp³-hybridized carbons (Fsp3) is 0.500. The number of aliphatic hydroxyl groups is 2. The van der Waals surface area contributed by atoms with E-state index in [0.29, 0.717) is 47.2 Å². The molecule has 0 radical (unpaired) electrons. The maximum Gasteiger partial charge on any atom is 0.161 e. The number of Topliss-reactive ketones (excluding diaryl/α,β-unsaturated/α-hetero) is 2. The molecule has 2 N–H and O–H groups in total. The quantitative estimate of drug-likeness (QED) is 0.351. The normalized spacial score (nSPS) is 15.9. The Hall–Kier alpha value is -3.18. The van der Waals surface area contributed by atoms with E-state index in [1.807, 2.05) is 0 Å². The molecule has 1 saturated heterocycles. The van der Waals surface area contributed by atoms with Gasteiger partial charge < -0.3 is 29.2 Å². The molecule has 0 aliphatic carbocycles. The summed E-state index contributed by atoms with van der Waals surface area (Å²) in [4.78, 5) is 27.4. The van der Waals surface area contributed by atoms with Gasteiger partial charge in [-0.15, -0.1) is 0 Å². The van der Waals surface area contributed by atoms with Gasteiger partial charge in [-0.05, 0) is 50.2 Å². The Morgan fingerprint density at radius 3 is 1.39 bits per heavy atom. The highest BCUT2D eigenvalue weighted by molar-refractivity contribution is 5.95. The summed E-state index contributed by atoms with van der Waals surface area (Å²) in [5.41, 5.74) is 1.07. The maximum atomic E-state index is 11.6. The SMILES string of the molecule is COc1cc(C(C)=O)ccc1OCC(O)CN1CCN(CC(O)COc2ccc(C(C)=O)cc2OC)CC1. The minimum atomic E-state index is -0.692. The number of carbonyl (C=O) groups is 2. The molecule has 2 atom stereocenters. The largest absolute Gasteiger partial charge is 0.493 e. The lowest BCUT2D eigenvalue weighted by Gasteiger charge is -2.36. The lowest BCUT2D eigenvalue weighted by molar-refractivity contribution is 0.0236. The number of carbonyl (C=O) groups excluding carboxylic acids is 2. The molecule has 2 unspecified atom stereocenters. The van der Waals surface area contributed by atoms with Crippen molar-refractivity contribution in [2.45, 2.75) is 26.1 Å². The van der Waals surface area contributed by atoms with Crippen molar-refractivity contribution in [3.8, 4) is 23.0 Å². The fourth-order valence-electron chi connectivity index (χ4n) is 4.24. The van der Waals surface area contributed by atoms with E-state index in [1.165, 1.54) is 28.1 Å².